The van der Waals surface area contributed by atoms with E-state index in [0.717, 1.165) is 90.3 Å². The Morgan fingerprint density at radius 1 is 0.287 bits per heavy atom. The van der Waals surface area contributed by atoms with Crippen molar-refractivity contribution in [1.29, 1.82) is 0 Å². The monoisotopic (exact) mass is 1030 g/mol. The second-order valence-electron chi connectivity index (χ2n) is 21.4. The molecule has 0 amide bonds. The first kappa shape index (κ1) is 48.1. The summed E-state index contributed by atoms with van der Waals surface area (Å²) >= 11 is 0. The van der Waals surface area contributed by atoms with Crippen LogP contribution in [0.4, 0.5) is 34.1 Å². The van der Waals surface area contributed by atoms with Gasteiger partial charge in [-0.05, 0) is 155 Å². The lowest BCUT2D eigenvalue weighted by atomic mass is 9.73. The molecule has 0 fully saturated rings. The standard InChI is InChI=1S/C70H52N10/c1-69(2)53-21-5-9-27-63(53)79(64-28-10-6-22-54(64)69)51-37-47(35-49(39-51)67-75-59(45-19-17-31-71-43-45)41-61(77-67)57-25-13-15-33-73-57)48-36-50(68-76-60(46-20-18-32-72-44-46)42-62(78-68)58-26-14-16-34-74-58)40-52(38-48)80-65-29-11-7-23-55(65)70(3,4)56-24-8-12-30-66(56)80/h5-44H,1-4H3. The molecule has 0 N–H and O–H groups in total. The van der Waals surface area contributed by atoms with Crippen molar-refractivity contribution >= 4 is 34.1 Å². The van der Waals surface area contributed by atoms with E-state index in [1.165, 1.54) is 22.3 Å². The Hall–Kier alpha value is -10.3. The lowest BCUT2D eigenvalue weighted by Gasteiger charge is -2.42. The number of nitrogens with zero attached hydrogens (tertiary/aromatic N) is 10. The third-order valence-corrected chi connectivity index (χ3v) is 15.7. The Labute approximate surface area is 465 Å². The van der Waals surface area contributed by atoms with Crippen molar-refractivity contribution in [1.82, 2.24) is 39.9 Å². The van der Waals surface area contributed by atoms with E-state index in [4.69, 9.17) is 29.9 Å². The van der Waals surface area contributed by atoms with Crippen molar-refractivity contribution in [2.45, 2.75) is 38.5 Å². The van der Waals surface area contributed by atoms with Crippen molar-refractivity contribution in [2.24, 2.45) is 0 Å². The van der Waals surface area contributed by atoms with Gasteiger partial charge in [0.2, 0.25) is 0 Å². The summed E-state index contributed by atoms with van der Waals surface area (Å²) in [6, 6.07) is 72.2. The lowest BCUT2D eigenvalue weighted by Crippen LogP contribution is -2.30. The van der Waals surface area contributed by atoms with E-state index in [0.29, 0.717) is 23.0 Å². The fourth-order valence-electron chi connectivity index (χ4n) is 11.7. The van der Waals surface area contributed by atoms with Crippen LogP contribution in [-0.4, -0.2) is 39.9 Å². The molecule has 2 aliphatic heterocycles. The van der Waals surface area contributed by atoms with E-state index >= 15 is 0 Å². The minimum Gasteiger partial charge on any atom is -0.310 e. The molecule has 10 heteroatoms. The number of rotatable bonds is 9. The van der Waals surface area contributed by atoms with Crippen molar-refractivity contribution in [3.63, 3.8) is 0 Å². The highest BCUT2D eigenvalue weighted by Gasteiger charge is 2.38. The maximum absolute atomic E-state index is 5.39. The summed E-state index contributed by atoms with van der Waals surface area (Å²) in [6.07, 6.45) is 10.8. The second kappa shape index (κ2) is 19.3. The molecule has 0 saturated carbocycles. The minimum atomic E-state index is -0.278. The summed E-state index contributed by atoms with van der Waals surface area (Å²) in [6.45, 7) is 9.26. The van der Waals surface area contributed by atoms with Crippen LogP contribution in [0.1, 0.15) is 49.9 Å². The number of pyridine rings is 4. The van der Waals surface area contributed by atoms with E-state index in [1.54, 1.807) is 24.8 Å². The van der Waals surface area contributed by atoms with Crippen LogP contribution in [0.5, 0.6) is 0 Å². The van der Waals surface area contributed by atoms with Gasteiger partial charge in [0.25, 0.3) is 0 Å². The van der Waals surface area contributed by atoms with Gasteiger partial charge in [-0.1, -0.05) is 113 Å². The second-order valence-corrected chi connectivity index (χ2v) is 21.4. The Morgan fingerprint density at radius 3 is 0.988 bits per heavy atom. The molecule has 10 nitrogen and oxygen atoms in total. The number of aromatic nitrogens is 8. The molecule has 12 aromatic rings. The van der Waals surface area contributed by atoms with Crippen LogP contribution in [0.3, 0.4) is 0 Å². The van der Waals surface area contributed by atoms with Crippen LogP contribution in [0.2, 0.25) is 0 Å². The van der Waals surface area contributed by atoms with Crippen molar-refractivity contribution < 1.29 is 0 Å². The summed E-state index contributed by atoms with van der Waals surface area (Å²) in [5.74, 6) is 1.08. The van der Waals surface area contributed by atoms with Gasteiger partial charge in [-0.15, -0.1) is 0 Å². The summed E-state index contributed by atoms with van der Waals surface area (Å²) < 4.78 is 0. The largest absolute Gasteiger partial charge is 0.310 e. The molecule has 80 heavy (non-hydrogen) atoms. The fourth-order valence-corrected chi connectivity index (χ4v) is 11.7. The van der Waals surface area contributed by atoms with E-state index in [2.05, 4.69) is 181 Å². The van der Waals surface area contributed by atoms with Gasteiger partial charge < -0.3 is 9.80 Å². The average Bonchev–Trinajstić information content (AvgIpc) is 3.66. The number of para-hydroxylation sites is 4. The van der Waals surface area contributed by atoms with Gasteiger partial charge in [-0.2, -0.15) is 0 Å². The Kier molecular flexibility index (Phi) is 11.6. The first-order valence-electron chi connectivity index (χ1n) is 26.9. The van der Waals surface area contributed by atoms with Crippen LogP contribution in [0, 0.1) is 0 Å². The molecule has 6 aromatic carbocycles. The minimum absolute atomic E-state index is 0.278. The molecular weight excluding hydrogens is 981 g/mol. The predicted molar refractivity (Wildman–Crippen MR) is 320 cm³/mol. The zero-order chi connectivity index (χ0) is 54.0. The lowest BCUT2D eigenvalue weighted by molar-refractivity contribution is 0.631. The normalized spacial score (nSPS) is 13.7. The number of anilines is 6. The average molecular weight is 1030 g/mol. The molecule has 0 atom stereocenters. The molecule has 0 spiro atoms. The van der Waals surface area contributed by atoms with E-state index < -0.39 is 0 Å². The zero-order valence-corrected chi connectivity index (χ0v) is 44.6. The maximum atomic E-state index is 5.39. The van der Waals surface area contributed by atoms with Gasteiger partial charge in [0.1, 0.15) is 0 Å². The molecule has 0 bridgehead atoms. The van der Waals surface area contributed by atoms with Gasteiger partial charge >= 0.3 is 0 Å². The molecule has 382 valence electrons. The fraction of sp³-hybridized carbons (Fsp3) is 0.0857. The quantitative estimate of drug-likeness (QED) is 0.139. The smallest absolute Gasteiger partial charge is 0.160 e. The SMILES string of the molecule is CC1(C)c2ccccc2N(c2cc(-c3cc(-c4nc(-c5cccnc5)cc(-c5ccccn5)n4)cc(N4c5ccccc5C(C)(C)c5ccccc54)c3)cc(-c3nc(-c4cccnc4)cc(-c4ccccn4)n3)c2)c2ccccc21. The Morgan fingerprint density at radius 2 is 0.637 bits per heavy atom. The van der Waals surface area contributed by atoms with Gasteiger partial charge in [0.15, 0.2) is 11.6 Å². The summed E-state index contributed by atoms with van der Waals surface area (Å²) in [7, 11) is 0. The van der Waals surface area contributed by atoms with Gasteiger partial charge in [-0.3, -0.25) is 19.9 Å². The highest BCUT2D eigenvalue weighted by atomic mass is 15.2. The maximum Gasteiger partial charge on any atom is 0.160 e. The topological polar surface area (TPSA) is 110 Å². The Balaban J connectivity index is 1.07. The number of hydrogen-bond donors (Lipinski definition) is 0. The van der Waals surface area contributed by atoms with E-state index in [1.807, 2.05) is 85.2 Å². The van der Waals surface area contributed by atoms with Crippen molar-refractivity contribution in [2.75, 3.05) is 9.80 Å². The first-order chi connectivity index (χ1) is 39.2. The number of fused-ring (bicyclic) bond motifs is 4. The van der Waals surface area contributed by atoms with Crippen molar-refractivity contribution in [3.8, 4) is 79.2 Å². The highest BCUT2D eigenvalue weighted by Crippen LogP contribution is 2.55. The van der Waals surface area contributed by atoms with Gasteiger partial charge in [0.05, 0.1) is 56.9 Å². The first-order valence-corrected chi connectivity index (χ1v) is 26.9. The van der Waals surface area contributed by atoms with E-state index in [-0.39, 0.29) is 10.8 Å². The third kappa shape index (κ3) is 8.36. The third-order valence-electron chi connectivity index (χ3n) is 15.7. The summed E-state index contributed by atoms with van der Waals surface area (Å²) in [4.78, 5) is 44.9. The van der Waals surface area contributed by atoms with Gasteiger partial charge in [-0.25, -0.2) is 19.9 Å². The van der Waals surface area contributed by atoms with Crippen LogP contribution in [0.25, 0.3) is 79.2 Å². The van der Waals surface area contributed by atoms with Crippen LogP contribution in [0.15, 0.2) is 243 Å². The number of hydrogen-bond acceptors (Lipinski definition) is 10. The molecule has 2 aliphatic rings. The van der Waals surface area contributed by atoms with Crippen LogP contribution in [-0.2, 0) is 10.8 Å². The van der Waals surface area contributed by atoms with Crippen LogP contribution < -0.4 is 9.80 Å². The molecular formula is C70H52N10. The predicted octanol–water partition coefficient (Wildman–Crippen LogP) is 16.7. The molecule has 8 heterocycles. The zero-order valence-electron chi connectivity index (χ0n) is 44.6. The highest BCUT2D eigenvalue weighted by molar-refractivity contribution is 5.93. The van der Waals surface area contributed by atoms with Gasteiger partial charge in [0, 0.05) is 81.6 Å². The van der Waals surface area contributed by atoms with E-state index in [9.17, 15) is 0 Å². The molecule has 0 unspecified atom stereocenters. The Bertz CT molecular complexity index is 3820. The molecule has 0 radical (unpaired) electrons. The number of benzene rings is 6. The molecule has 14 rings (SSSR count). The van der Waals surface area contributed by atoms with Crippen LogP contribution >= 0.6 is 0 Å². The van der Waals surface area contributed by atoms with Crippen molar-refractivity contribution in [3.05, 3.63) is 266 Å². The summed E-state index contributed by atoms with van der Waals surface area (Å²) in [5, 5.41) is 0. The molecule has 0 saturated heterocycles. The molecule has 6 aromatic heterocycles. The summed E-state index contributed by atoms with van der Waals surface area (Å²) in [5.41, 5.74) is 20.2. The molecule has 0 aliphatic carbocycles.